The molecule has 2 heterocycles. The van der Waals surface area contributed by atoms with Gasteiger partial charge in [0, 0.05) is 18.0 Å². The van der Waals surface area contributed by atoms with Gasteiger partial charge in [-0.15, -0.1) is 0 Å². The Morgan fingerprint density at radius 3 is 2.44 bits per heavy atom. The van der Waals surface area contributed by atoms with Crippen molar-refractivity contribution >= 4 is 17.3 Å². The average Bonchev–Trinajstić information content (AvgIpc) is 2.83. The molecule has 18 heavy (non-hydrogen) atoms. The molecule has 0 radical (unpaired) electrons. The zero-order chi connectivity index (χ0) is 12.4. The van der Waals surface area contributed by atoms with Crippen LogP contribution < -0.4 is 5.01 Å². The molecule has 88 valence electrons. The van der Waals surface area contributed by atoms with Crippen molar-refractivity contribution in [3.8, 4) is 0 Å². The highest BCUT2D eigenvalue weighted by Gasteiger charge is 2.25. The fourth-order valence-corrected chi connectivity index (χ4v) is 1.90. The molecular weight excluding hydrogens is 226 g/mol. The Bertz CT molecular complexity index is 593. The average molecular weight is 237 g/mol. The molecule has 0 saturated heterocycles. The molecule has 4 heteroatoms. The van der Waals surface area contributed by atoms with Gasteiger partial charge in [0.05, 0.1) is 17.8 Å². The van der Waals surface area contributed by atoms with Gasteiger partial charge in [0.2, 0.25) is 0 Å². The third kappa shape index (κ3) is 1.88. The maximum atomic E-state index is 12.0. The minimum Gasteiger partial charge on any atom is -0.272 e. The minimum atomic E-state index is -0.00647. The highest BCUT2D eigenvalue weighted by Crippen LogP contribution is 2.22. The SMILES string of the molecule is O=C1CC(c2ccncc2)=NN1c1ccccc1. The number of benzene rings is 1. The number of aromatic nitrogens is 1. The molecule has 1 amide bonds. The van der Waals surface area contributed by atoms with Crippen LogP contribution in [-0.2, 0) is 4.79 Å². The number of nitrogens with zero attached hydrogens (tertiary/aromatic N) is 3. The van der Waals surface area contributed by atoms with E-state index in [0.29, 0.717) is 6.42 Å². The summed E-state index contributed by atoms with van der Waals surface area (Å²) in [5.74, 6) is -0.00647. The number of carbonyl (C=O) groups excluding carboxylic acids is 1. The second-order valence-electron chi connectivity index (χ2n) is 4.00. The van der Waals surface area contributed by atoms with Gasteiger partial charge < -0.3 is 0 Å². The van der Waals surface area contributed by atoms with Gasteiger partial charge in [0.25, 0.3) is 5.91 Å². The lowest BCUT2D eigenvalue weighted by atomic mass is 10.1. The smallest absolute Gasteiger partial charge is 0.253 e. The normalized spacial score (nSPS) is 14.8. The lowest BCUT2D eigenvalue weighted by Crippen LogP contribution is -2.19. The van der Waals surface area contributed by atoms with Gasteiger partial charge >= 0.3 is 0 Å². The number of hydrogen-bond acceptors (Lipinski definition) is 3. The quantitative estimate of drug-likeness (QED) is 0.804. The van der Waals surface area contributed by atoms with E-state index in [9.17, 15) is 4.79 Å². The van der Waals surface area contributed by atoms with Crippen molar-refractivity contribution in [2.45, 2.75) is 6.42 Å². The summed E-state index contributed by atoms with van der Waals surface area (Å²) in [6.45, 7) is 0. The molecule has 1 aliphatic heterocycles. The molecular formula is C14H11N3O. The van der Waals surface area contributed by atoms with Crippen molar-refractivity contribution in [1.29, 1.82) is 0 Å². The molecule has 1 aromatic heterocycles. The van der Waals surface area contributed by atoms with Crippen LogP contribution in [0.15, 0.2) is 60.0 Å². The molecule has 3 rings (SSSR count). The molecule has 0 bridgehead atoms. The Morgan fingerprint density at radius 1 is 1.00 bits per heavy atom. The largest absolute Gasteiger partial charge is 0.272 e. The summed E-state index contributed by atoms with van der Waals surface area (Å²) < 4.78 is 0. The minimum absolute atomic E-state index is 0.00647. The first-order valence-electron chi connectivity index (χ1n) is 5.70. The Morgan fingerprint density at radius 2 is 1.72 bits per heavy atom. The van der Waals surface area contributed by atoms with E-state index < -0.39 is 0 Å². The topological polar surface area (TPSA) is 45.6 Å². The van der Waals surface area contributed by atoms with E-state index in [2.05, 4.69) is 10.1 Å². The van der Waals surface area contributed by atoms with E-state index in [1.54, 1.807) is 12.4 Å². The van der Waals surface area contributed by atoms with E-state index in [-0.39, 0.29) is 5.91 Å². The summed E-state index contributed by atoms with van der Waals surface area (Å²) in [6.07, 6.45) is 3.74. The fourth-order valence-electron chi connectivity index (χ4n) is 1.90. The molecule has 0 fully saturated rings. The molecule has 0 spiro atoms. The maximum Gasteiger partial charge on any atom is 0.253 e. The van der Waals surface area contributed by atoms with Crippen LogP contribution in [-0.4, -0.2) is 16.6 Å². The van der Waals surface area contributed by atoms with Crippen molar-refractivity contribution in [3.63, 3.8) is 0 Å². The number of hydrogen-bond donors (Lipinski definition) is 0. The molecule has 0 atom stereocenters. The number of para-hydroxylation sites is 1. The number of carbonyl (C=O) groups is 1. The van der Waals surface area contributed by atoms with E-state index in [4.69, 9.17) is 0 Å². The van der Waals surface area contributed by atoms with Gasteiger partial charge in [-0.3, -0.25) is 9.78 Å². The number of anilines is 1. The zero-order valence-corrected chi connectivity index (χ0v) is 9.65. The highest BCUT2D eigenvalue weighted by molar-refractivity contribution is 6.19. The van der Waals surface area contributed by atoms with Crippen LogP contribution in [0.5, 0.6) is 0 Å². The summed E-state index contributed by atoms with van der Waals surface area (Å²) in [5.41, 5.74) is 2.52. The van der Waals surface area contributed by atoms with Crippen LogP contribution in [0.4, 0.5) is 5.69 Å². The monoisotopic (exact) mass is 237 g/mol. The summed E-state index contributed by atoms with van der Waals surface area (Å²) in [4.78, 5) is 15.9. The Labute approximate surface area is 105 Å². The summed E-state index contributed by atoms with van der Waals surface area (Å²) in [7, 11) is 0. The Hall–Kier alpha value is -2.49. The molecule has 0 unspecified atom stereocenters. The summed E-state index contributed by atoms with van der Waals surface area (Å²) in [6, 6.07) is 13.2. The standard InChI is InChI=1S/C14H11N3O/c18-14-10-13(11-6-8-15-9-7-11)16-17(14)12-4-2-1-3-5-12/h1-9H,10H2. The lowest BCUT2D eigenvalue weighted by Gasteiger charge is -2.10. The third-order valence-electron chi connectivity index (χ3n) is 2.79. The molecule has 0 aliphatic carbocycles. The van der Waals surface area contributed by atoms with Gasteiger partial charge in [0.15, 0.2) is 0 Å². The Kier molecular flexibility index (Phi) is 2.61. The van der Waals surface area contributed by atoms with Crippen molar-refractivity contribution < 1.29 is 4.79 Å². The van der Waals surface area contributed by atoms with Crippen molar-refractivity contribution in [2.75, 3.05) is 5.01 Å². The van der Waals surface area contributed by atoms with Gasteiger partial charge in [-0.2, -0.15) is 5.10 Å². The van der Waals surface area contributed by atoms with Crippen LogP contribution in [0, 0.1) is 0 Å². The zero-order valence-electron chi connectivity index (χ0n) is 9.65. The molecule has 0 saturated carbocycles. The third-order valence-corrected chi connectivity index (χ3v) is 2.79. The van der Waals surface area contributed by atoms with Gasteiger partial charge in [-0.05, 0) is 24.3 Å². The van der Waals surface area contributed by atoms with Crippen molar-refractivity contribution in [2.24, 2.45) is 5.10 Å². The molecule has 0 N–H and O–H groups in total. The van der Waals surface area contributed by atoms with Crippen LogP contribution >= 0.6 is 0 Å². The van der Waals surface area contributed by atoms with Crippen LogP contribution in [0.2, 0.25) is 0 Å². The molecule has 1 aliphatic rings. The van der Waals surface area contributed by atoms with Crippen molar-refractivity contribution in [1.82, 2.24) is 4.98 Å². The number of pyridine rings is 1. The number of hydrazone groups is 1. The highest BCUT2D eigenvalue weighted by atomic mass is 16.2. The predicted octanol–water partition coefficient (Wildman–Crippen LogP) is 2.22. The first-order valence-corrected chi connectivity index (χ1v) is 5.70. The summed E-state index contributed by atoms with van der Waals surface area (Å²) >= 11 is 0. The van der Waals surface area contributed by atoms with Crippen LogP contribution in [0.25, 0.3) is 0 Å². The van der Waals surface area contributed by atoms with E-state index in [1.807, 2.05) is 42.5 Å². The van der Waals surface area contributed by atoms with Gasteiger partial charge in [0.1, 0.15) is 0 Å². The van der Waals surface area contributed by atoms with E-state index in [0.717, 1.165) is 17.0 Å². The number of rotatable bonds is 2. The van der Waals surface area contributed by atoms with E-state index >= 15 is 0 Å². The first kappa shape index (κ1) is 10.7. The number of amides is 1. The molecule has 1 aromatic carbocycles. The summed E-state index contributed by atoms with van der Waals surface area (Å²) in [5, 5.41) is 5.84. The van der Waals surface area contributed by atoms with E-state index in [1.165, 1.54) is 5.01 Å². The van der Waals surface area contributed by atoms with Crippen LogP contribution in [0.1, 0.15) is 12.0 Å². The van der Waals surface area contributed by atoms with Crippen molar-refractivity contribution in [3.05, 3.63) is 60.4 Å². The second kappa shape index (κ2) is 4.41. The van der Waals surface area contributed by atoms with Gasteiger partial charge in [-0.1, -0.05) is 18.2 Å². The van der Waals surface area contributed by atoms with Crippen LogP contribution in [0.3, 0.4) is 0 Å². The second-order valence-corrected chi connectivity index (χ2v) is 4.00. The lowest BCUT2D eigenvalue weighted by molar-refractivity contribution is -0.116. The maximum absolute atomic E-state index is 12.0. The molecule has 4 nitrogen and oxygen atoms in total. The van der Waals surface area contributed by atoms with Gasteiger partial charge in [-0.25, -0.2) is 5.01 Å². The molecule has 2 aromatic rings. The Balaban J connectivity index is 1.95. The first-order chi connectivity index (χ1) is 8.84. The predicted molar refractivity (Wildman–Crippen MR) is 69.3 cm³/mol. The fraction of sp³-hybridized carbons (Fsp3) is 0.0714.